The van der Waals surface area contributed by atoms with E-state index in [2.05, 4.69) is 22.3 Å². The van der Waals surface area contributed by atoms with Gasteiger partial charge in [-0.05, 0) is 73.8 Å². The smallest absolute Gasteiger partial charge is 0.239 e. The van der Waals surface area contributed by atoms with Crippen LogP contribution in [0.15, 0.2) is 35.0 Å². The van der Waals surface area contributed by atoms with E-state index in [1.807, 2.05) is 22.9 Å². The second-order valence-electron chi connectivity index (χ2n) is 10.0. The summed E-state index contributed by atoms with van der Waals surface area (Å²) in [4.78, 5) is 45.0. The molecule has 0 aromatic carbocycles. The number of carbonyl (C=O) groups is 3. The van der Waals surface area contributed by atoms with Crippen LogP contribution in [0.25, 0.3) is 0 Å². The van der Waals surface area contributed by atoms with Gasteiger partial charge in [0.05, 0.1) is 6.54 Å². The molecule has 1 N–H and O–H groups in total. The summed E-state index contributed by atoms with van der Waals surface area (Å²) >= 11 is 3.35. The topological polar surface area (TPSA) is 69.7 Å². The SMILES string of the molecule is O=C(CN(CCc1cccs1)C(=O)CCCC(=O)N1CCCC2CCCCC21)NCCc1cccs1. The van der Waals surface area contributed by atoms with Gasteiger partial charge >= 0.3 is 0 Å². The van der Waals surface area contributed by atoms with E-state index in [1.165, 1.54) is 35.4 Å². The van der Waals surface area contributed by atoms with E-state index < -0.39 is 0 Å². The molecule has 2 aromatic heterocycles. The molecule has 6 nitrogen and oxygen atoms in total. The first-order chi connectivity index (χ1) is 17.6. The van der Waals surface area contributed by atoms with Gasteiger partial charge in [-0.15, -0.1) is 22.7 Å². The number of hydrogen-bond acceptors (Lipinski definition) is 5. The molecule has 4 rings (SSSR count). The summed E-state index contributed by atoms with van der Waals surface area (Å²) in [5.41, 5.74) is 0. The number of carbonyl (C=O) groups excluding carboxylic acids is 3. The van der Waals surface area contributed by atoms with Gasteiger partial charge in [-0.1, -0.05) is 25.0 Å². The van der Waals surface area contributed by atoms with Crippen molar-refractivity contribution >= 4 is 40.4 Å². The Morgan fingerprint density at radius 1 is 0.944 bits per heavy atom. The second kappa shape index (κ2) is 13.9. The first-order valence-electron chi connectivity index (χ1n) is 13.5. The highest BCUT2D eigenvalue weighted by Crippen LogP contribution is 2.35. The Hall–Kier alpha value is -2.19. The Bertz CT molecular complexity index is 959. The molecule has 1 saturated heterocycles. The minimum atomic E-state index is -0.126. The third kappa shape index (κ3) is 7.90. The number of thiophene rings is 2. The number of rotatable bonds is 12. The van der Waals surface area contributed by atoms with Gasteiger partial charge in [0.15, 0.2) is 0 Å². The predicted molar refractivity (Wildman–Crippen MR) is 146 cm³/mol. The summed E-state index contributed by atoms with van der Waals surface area (Å²) in [6.07, 6.45) is 10.1. The maximum Gasteiger partial charge on any atom is 0.239 e. The van der Waals surface area contributed by atoms with E-state index in [-0.39, 0.29) is 24.3 Å². The average Bonchev–Trinajstić information content (AvgIpc) is 3.60. The van der Waals surface area contributed by atoms with Crippen LogP contribution in [-0.2, 0) is 27.2 Å². The monoisotopic (exact) mass is 529 g/mol. The molecular weight excluding hydrogens is 490 g/mol. The molecular formula is C28H39N3O3S2. The zero-order valence-electron chi connectivity index (χ0n) is 21.2. The number of piperidine rings is 1. The van der Waals surface area contributed by atoms with Crippen LogP contribution in [0.3, 0.4) is 0 Å². The Kier molecular flexibility index (Phi) is 10.4. The third-order valence-corrected chi connectivity index (χ3v) is 9.39. The fourth-order valence-electron chi connectivity index (χ4n) is 5.63. The zero-order valence-corrected chi connectivity index (χ0v) is 22.8. The lowest BCUT2D eigenvalue weighted by Crippen LogP contribution is -2.49. The number of nitrogens with one attached hydrogen (secondary N) is 1. The van der Waals surface area contributed by atoms with Gasteiger partial charge in [0.2, 0.25) is 17.7 Å². The highest BCUT2D eigenvalue weighted by molar-refractivity contribution is 7.10. The Morgan fingerprint density at radius 3 is 2.42 bits per heavy atom. The third-order valence-electron chi connectivity index (χ3n) is 7.51. The minimum absolute atomic E-state index is 0.0399. The molecule has 36 heavy (non-hydrogen) atoms. The van der Waals surface area contributed by atoms with Gasteiger partial charge in [0.1, 0.15) is 0 Å². The minimum Gasteiger partial charge on any atom is -0.354 e. The van der Waals surface area contributed by atoms with E-state index in [4.69, 9.17) is 0 Å². The van der Waals surface area contributed by atoms with Crippen LogP contribution in [0.2, 0.25) is 0 Å². The van der Waals surface area contributed by atoms with Crippen molar-refractivity contribution in [2.45, 2.75) is 76.7 Å². The van der Waals surface area contributed by atoms with Gasteiger partial charge in [0.25, 0.3) is 0 Å². The molecule has 1 aliphatic heterocycles. The molecule has 2 atom stereocenters. The maximum atomic E-state index is 13.1. The van der Waals surface area contributed by atoms with Crippen molar-refractivity contribution in [1.29, 1.82) is 0 Å². The van der Waals surface area contributed by atoms with Gasteiger partial charge in [0, 0.05) is 48.3 Å². The van der Waals surface area contributed by atoms with Crippen molar-refractivity contribution in [3.63, 3.8) is 0 Å². The Balaban J connectivity index is 1.24. The summed E-state index contributed by atoms with van der Waals surface area (Å²) in [5.74, 6) is 0.709. The summed E-state index contributed by atoms with van der Waals surface area (Å²) in [7, 11) is 0. The lowest BCUT2D eigenvalue weighted by molar-refractivity contribution is -0.138. The van der Waals surface area contributed by atoms with Gasteiger partial charge in [-0.3, -0.25) is 14.4 Å². The van der Waals surface area contributed by atoms with Crippen LogP contribution < -0.4 is 5.32 Å². The Morgan fingerprint density at radius 2 is 1.67 bits per heavy atom. The first kappa shape index (κ1) is 26.9. The molecule has 0 radical (unpaired) electrons. The largest absolute Gasteiger partial charge is 0.354 e. The van der Waals surface area contributed by atoms with E-state index in [9.17, 15) is 14.4 Å². The quantitative estimate of drug-likeness (QED) is 0.426. The number of fused-ring (bicyclic) bond motifs is 1. The molecule has 1 aliphatic carbocycles. The molecule has 1 saturated carbocycles. The molecule has 2 unspecified atom stereocenters. The van der Waals surface area contributed by atoms with E-state index >= 15 is 0 Å². The van der Waals surface area contributed by atoms with Crippen molar-refractivity contribution < 1.29 is 14.4 Å². The van der Waals surface area contributed by atoms with Gasteiger partial charge in [-0.2, -0.15) is 0 Å². The van der Waals surface area contributed by atoms with Crippen molar-refractivity contribution in [1.82, 2.24) is 15.1 Å². The number of amides is 3. The second-order valence-corrected chi connectivity index (χ2v) is 12.1. The van der Waals surface area contributed by atoms with Crippen LogP contribution in [0.1, 0.15) is 67.5 Å². The van der Waals surface area contributed by atoms with E-state index in [0.29, 0.717) is 44.3 Å². The molecule has 196 valence electrons. The molecule has 2 aliphatic rings. The molecule has 8 heteroatoms. The van der Waals surface area contributed by atoms with Crippen LogP contribution in [0, 0.1) is 5.92 Å². The van der Waals surface area contributed by atoms with Gasteiger partial charge in [-0.25, -0.2) is 0 Å². The lowest BCUT2D eigenvalue weighted by Gasteiger charge is -2.44. The normalized spacial score (nSPS) is 19.5. The summed E-state index contributed by atoms with van der Waals surface area (Å²) in [6, 6.07) is 8.55. The average molecular weight is 530 g/mol. The zero-order chi connectivity index (χ0) is 25.2. The molecule has 0 bridgehead atoms. The van der Waals surface area contributed by atoms with Crippen molar-refractivity contribution in [2.24, 2.45) is 5.92 Å². The highest BCUT2D eigenvalue weighted by atomic mass is 32.1. The summed E-state index contributed by atoms with van der Waals surface area (Å²) < 4.78 is 0. The highest BCUT2D eigenvalue weighted by Gasteiger charge is 2.35. The van der Waals surface area contributed by atoms with Gasteiger partial charge < -0.3 is 15.1 Å². The summed E-state index contributed by atoms with van der Waals surface area (Å²) in [5, 5.41) is 7.02. The molecule has 3 amide bonds. The fraction of sp³-hybridized carbons (Fsp3) is 0.607. The number of hydrogen-bond donors (Lipinski definition) is 1. The standard InChI is InChI=1S/C28H39N3O3S2/c32-26(29-16-14-23-9-5-19-35-23)21-30(18-15-24-10-6-20-36-24)27(33)12-3-13-28(34)31-17-4-8-22-7-1-2-11-25(22)31/h5-6,9-10,19-20,22,25H,1-4,7-8,11-18,21H2,(H,29,32). The van der Waals surface area contributed by atoms with Crippen molar-refractivity contribution in [2.75, 3.05) is 26.2 Å². The van der Waals surface area contributed by atoms with Crippen LogP contribution in [-0.4, -0.2) is 59.7 Å². The van der Waals surface area contributed by atoms with Crippen LogP contribution in [0.5, 0.6) is 0 Å². The van der Waals surface area contributed by atoms with Crippen molar-refractivity contribution in [3.8, 4) is 0 Å². The summed E-state index contributed by atoms with van der Waals surface area (Å²) in [6.45, 7) is 2.02. The van der Waals surface area contributed by atoms with E-state index in [0.717, 1.165) is 32.2 Å². The number of likely N-dealkylation sites (tertiary alicyclic amines) is 1. The molecule has 3 heterocycles. The first-order valence-corrected chi connectivity index (χ1v) is 15.2. The molecule has 0 spiro atoms. The molecule has 2 aromatic rings. The Labute approximate surface area is 223 Å². The predicted octanol–water partition coefficient (Wildman–Crippen LogP) is 4.89. The fourth-order valence-corrected chi connectivity index (χ4v) is 7.04. The van der Waals surface area contributed by atoms with E-state index in [1.54, 1.807) is 27.6 Å². The lowest BCUT2D eigenvalue weighted by atomic mass is 9.78. The van der Waals surface area contributed by atoms with Crippen molar-refractivity contribution in [3.05, 3.63) is 44.8 Å². The number of nitrogens with zero attached hydrogens (tertiary/aromatic N) is 2. The molecule has 2 fully saturated rings. The van der Waals surface area contributed by atoms with Crippen LogP contribution >= 0.6 is 22.7 Å². The maximum absolute atomic E-state index is 13.1. The van der Waals surface area contributed by atoms with Crippen LogP contribution in [0.4, 0.5) is 0 Å².